The Morgan fingerprint density at radius 2 is 1.79 bits per heavy atom. The number of aliphatic carboxylic acids is 1. The molecule has 2 N–H and O–H groups in total. The van der Waals surface area contributed by atoms with Crippen molar-refractivity contribution in [1.29, 1.82) is 0 Å². The molecule has 6 heteroatoms. The van der Waals surface area contributed by atoms with Crippen molar-refractivity contribution >= 4 is 12.0 Å². The first-order valence-electron chi connectivity index (χ1n) is 6.85. The number of urea groups is 1. The number of hydrogen-bond donors (Lipinski definition) is 2. The van der Waals surface area contributed by atoms with Crippen LogP contribution in [0.15, 0.2) is 0 Å². The molecule has 0 atom stereocenters. The predicted molar refractivity (Wildman–Crippen MR) is 73.2 cm³/mol. The number of rotatable bonds is 5. The summed E-state index contributed by atoms with van der Waals surface area (Å²) in [5, 5.41) is 11.8. The Hall–Kier alpha value is -1.30. The van der Waals surface area contributed by atoms with Crippen LogP contribution in [0.1, 0.15) is 33.6 Å². The largest absolute Gasteiger partial charge is 0.480 e. The summed E-state index contributed by atoms with van der Waals surface area (Å²) in [7, 11) is 0. The minimum absolute atomic E-state index is 0.0478. The smallest absolute Gasteiger partial charge is 0.317 e. The summed E-state index contributed by atoms with van der Waals surface area (Å²) in [5.41, 5.74) is -0.190. The topological polar surface area (TPSA) is 72.9 Å². The molecule has 19 heavy (non-hydrogen) atoms. The third-order valence-corrected chi connectivity index (χ3v) is 3.34. The van der Waals surface area contributed by atoms with Crippen LogP contribution >= 0.6 is 0 Å². The fraction of sp³-hybridized carbons (Fsp3) is 0.846. The minimum Gasteiger partial charge on any atom is -0.480 e. The van der Waals surface area contributed by atoms with Gasteiger partial charge in [0, 0.05) is 31.7 Å². The Morgan fingerprint density at radius 1 is 1.21 bits per heavy atom. The van der Waals surface area contributed by atoms with E-state index in [1.165, 1.54) is 0 Å². The quantitative estimate of drug-likeness (QED) is 0.781. The molecule has 0 aromatic heterocycles. The number of piperazine rings is 1. The molecule has 6 nitrogen and oxygen atoms in total. The van der Waals surface area contributed by atoms with Crippen molar-refractivity contribution in [3.05, 3.63) is 0 Å². The zero-order valence-electron chi connectivity index (χ0n) is 12.1. The maximum atomic E-state index is 12.1. The monoisotopic (exact) mass is 271 g/mol. The lowest BCUT2D eigenvalue weighted by atomic mass is 9.99. The van der Waals surface area contributed by atoms with Gasteiger partial charge >= 0.3 is 12.0 Å². The van der Waals surface area contributed by atoms with E-state index in [1.54, 1.807) is 4.90 Å². The van der Waals surface area contributed by atoms with Crippen LogP contribution in [0.3, 0.4) is 0 Å². The average molecular weight is 271 g/mol. The number of nitrogens with zero attached hydrogens (tertiary/aromatic N) is 2. The Balaban J connectivity index is 2.38. The summed E-state index contributed by atoms with van der Waals surface area (Å²) in [6, 6.07) is -0.0478. The number of carbonyl (C=O) groups excluding carboxylic acids is 1. The molecular weight excluding hydrogens is 246 g/mol. The second-order valence-corrected chi connectivity index (χ2v) is 5.72. The zero-order chi connectivity index (χ0) is 14.5. The molecule has 0 saturated carbocycles. The van der Waals surface area contributed by atoms with Crippen LogP contribution in [0.5, 0.6) is 0 Å². The Morgan fingerprint density at radius 3 is 2.26 bits per heavy atom. The Labute approximate surface area is 114 Å². The molecule has 0 aliphatic carbocycles. The average Bonchev–Trinajstić information content (AvgIpc) is 2.28. The summed E-state index contributed by atoms with van der Waals surface area (Å²) in [6.45, 7) is 8.60. The van der Waals surface area contributed by atoms with Crippen molar-refractivity contribution in [2.75, 3.05) is 32.7 Å². The molecule has 110 valence electrons. The van der Waals surface area contributed by atoms with E-state index in [-0.39, 0.29) is 18.1 Å². The van der Waals surface area contributed by atoms with Gasteiger partial charge in [-0.3, -0.25) is 9.69 Å². The maximum Gasteiger partial charge on any atom is 0.317 e. The van der Waals surface area contributed by atoms with Gasteiger partial charge < -0.3 is 15.3 Å². The molecule has 0 unspecified atom stereocenters. The molecule has 0 bridgehead atoms. The van der Waals surface area contributed by atoms with Gasteiger partial charge in [0.05, 0.1) is 6.54 Å². The predicted octanol–water partition coefficient (Wildman–Crippen LogP) is 0.977. The lowest BCUT2D eigenvalue weighted by molar-refractivity contribution is -0.138. The van der Waals surface area contributed by atoms with Crippen molar-refractivity contribution in [1.82, 2.24) is 15.1 Å². The van der Waals surface area contributed by atoms with Crippen LogP contribution in [-0.2, 0) is 4.79 Å². The molecular formula is C13H25N3O3. The molecule has 0 aromatic carbocycles. The van der Waals surface area contributed by atoms with E-state index in [2.05, 4.69) is 12.2 Å². The van der Waals surface area contributed by atoms with Gasteiger partial charge in [-0.15, -0.1) is 0 Å². The first-order chi connectivity index (χ1) is 8.84. The normalized spacial score (nSPS) is 17.3. The van der Waals surface area contributed by atoms with E-state index in [0.29, 0.717) is 26.2 Å². The summed E-state index contributed by atoms with van der Waals surface area (Å²) in [4.78, 5) is 26.3. The molecule has 1 aliphatic rings. The van der Waals surface area contributed by atoms with Crippen LogP contribution in [0.2, 0.25) is 0 Å². The van der Waals surface area contributed by atoms with Gasteiger partial charge in [0.15, 0.2) is 0 Å². The van der Waals surface area contributed by atoms with Gasteiger partial charge in [0.25, 0.3) is 0 Å². The van der Waals surface area contributed by atoms with Crippen LogP contribution < -0.4 is 5.32 Å². The van der Waals surface area contributed by atoms with Crippen LogP contribution in [0, 0.1) is 0 Å². The van der Waals surface area contributed by atoms with Gasteiger partial charge in [0.1, 0.15) is 0 Å². The number of carboxylic acids is 1. The standard InChI is InChI=1S/C13H25N3O3/c1-4-5-13(2,3)14-12(19)16-8-6-15(7-9-16)10-11(17)18/h4-10H2,1-3H3,(H,14,19)(H,17,18). The molecule has 0 aromatic rings. The van der Waals surface area contributed by atoms with Gasteiger partial charge in [-0.1, -0.05) is 13.3 Å². The highest BCUT2D eigenvalue weighted by Crippen LogP contribution is 2.12. The lowest BCUT2D eigenvalue weighted by Gasteiger charge is -2.36. The van der Waals surface area contributed by atoms with Crippen molar-refractivity contribution in [3.8, 4) is 0 Å². The Kier molecular flexibility index (Phi) is 5.60. The third kappa shape index (κ3) is 5.46. The third-order valence-electron chi connectivity index (χ3n) is 3.34. The maximum absolute atomic E-state index is 12.1. The zero-order valence-corrected chi connectivity index (χ0v) is 12.1. The second kappa shape index (κ2) is 6.75. The van der Waals surface area contributed by atoms with Crippen LogP contribution in [-0.4, -0.2) is 65.2 Å². The molecule has 1 fully saturated rings. The van der Waals surface area contributed by atoms with Gasteiger partial charge in [-0.2, -0.15) is 0 Å². The van der Waals surface area contributed by atoms with Crippen LogP contribution in [0.25, 0.3) is 0 Å². The summed E-state index contributed by atoms with van der Waals surface area (Å²) in [6.07, 6.45) is 1.97. The number of carbonyl (C=O) groups is 2. The number of nitrogens with one attached hydrogen (secondary N) is 1. The van der Waals surface area contributed by atoms with Crippen molar-refractivity contribution in [2.45, 2.75) is 39.2 Å². The fourth-order valence-electron chi connectivity index (χ4n) is 2.36. The van der Waals surface area contributed by atoms with E-state index < -0.39 is 5.97 Å². The second-order valence-electron chi connectivity index (χ2n) is 5.72. The van der Waals surface area contributed by atoms with Crippen LogP contribution in [0.4, 0.5) is 4.79 Å². The number of amides is 2. The lowest BCUT2D eigenvalue weighted by Crippen LogP contribution is -2.56. The van der Waals surface area contributed by atoms with Gasteiger partial charge in [0.2, 0.25) is 0 Å². The van der Waals surface area contributed by atoms with E-state index in [0.717, 1.165) is 12.8 Å². The SMILES string of the molecule is CCCC(C)(C)NC(=O)N1CCN(CC(=O)O)CC1. The van der Waals surface area contributed by atoms with Gasteiger partial charge in [-0.25, -0.2) is 4.79 Å². The molecule has 0 radical (unpaired) electrons. The van der Waals surface area contributed by atoms with E-state index in [1.807, 2.05) is 18.7 Å². The van der Waals surface area contributed by atoms with Crippen molar-refractivity contribution in [2.24, 2.45) is 0 Å². The molecule has 0 spiro atoms. The number of hydrogen-bond acceptors (Lipinski definition) is 3. The van der Waals surface area contributed by atoms with E-state index in [9.17, 15) is 9.59 Å². The van der Waals surface area contributed by atoms with Gasteiger partial charge in [-0.05, 0) is 20.3 Å². The van der Waals surface area contributed by atoms with Crippen molar-refractivity contribution < 1.29 is 14.7 Å². The van der Waals surface area contributed by atoms with Crippen molar-refractivity contribution in [3.63, 3.8) is 0 Å². The van der Waals surface area contributed by atoms with E-state index in [4.69, 9.17) is 5.11 Å². The molecule has 1 rings (SSSR count). The molecule has 1 aliphatic heterocycles. The minimum atomic E-state index is -0.818. The summed E-state index contributed by atoms with van der Waals surface area (Å²) >= 11 is 0. The highest BCUT2D eigenvalue weighted by Gasteiger charge is 2.26. The molecule has 1 heterocycles. The molecule has 1 saturated heterocycles. The Bertz CT molecular complexity index is 323. The highest BCUT2D eigenvalue weighted by molar-refractivity contribution is 5.75. The fourth-order valence-corrected chi connectivity index (χ4v) is 2.36. The first kappa shape index (κ1) is 15.8. The summed E-state index contributed by atoms with van der Waals surface area (Å²) in [5.74, 6) is -0.818. The van der Waals surface area contributed by atoms with E-state index >= 15 is 0 Å². The summed E-state index contributed by atoms with van der Waals surface area (Å²) < 4.78 is 0. The first-order valence-corrected chi connectivity index (χ1v) is 6.85. The number of carboxylic acid groups (broad SMARTS) is 1. The molecule has 2 amide bonds. The highest BCUT2D eigenvalue weighted by atomic mass is 16.4.